The van der Waals surface area contributed by atoms with E-state index >= 15 is 0 Å². The quantitative estimate of drug-likeness (QED) is 0.648. The molecule has 154 valence electrons. The first-order chi connectivity index (χ1) is 13.3. The van der Waals surface area contributed by atoms with Crippen LogP contribution in [0.4, 0.5) is 0 Å². The Morgan fingerprint density at radius 1 is 1.25 bits per heavy atom. The molecule has 1 aliphatic heterocycles. The molecule has 0 saturated carbocycles. The van der Waals surface area contributed by atoms with Gasteiger partial charge < -0.3 is 19.3 Å². The fourth-order valence-corrected chi connectivity index (χ4v) is 3.77. The molecule has 1 fully saturated rings. The molecule has 0 bridgehead atoms. The lowest BCUT2D eigenvalue weighted by Gasteiger charge is -2.32. The maximum Gasteiger partial charge on any atom is 0.310 e. The van der Waals surface area contributed by atoms with Gasteiger partial charge in [-0.25, -0.2) is 0 Å². The van der Waals surface area contributed by atoms with Crippen molar-refractivity contribution in [3.05, 3.63) is 27.7 Å². The molecule has 7 nitrogen and oxygen atoms in total. The van der Waals surface area contributed by atoms with E-state index in [1.165, 1.54) is 31.2 Å². The molecular formula is C19H24Cl2N2O5. The second-order valence-corrected chi connectivity index (χ2v) is 7.38. The van der Waals surface area contributed by atoms with Crippen LogP contribution < -0.4 is 4.74 Å². The largest absolute Gasteiger partial charge is 0.494 e. The Morgan fingerprint density at radius 3 is 2.46 bits per heavy atom. The van der Waals surface area contributed by atoms with Crippen molar-refractivity contribution in [2.75, 3.05) is 40.4 Å². The first kappa shape index (κ1) is 22.3. The van der Waals surface area contributed by atoms with Crippen molar-refractivity contribution in [3.8, 4) is 5.75 Å². The molecule has 0 aliphatic carbocycles. The van der Waals surface area contributed by atoms with Crippen LogP contribution in [0, 0.1) is 5.92 Å². The highest BCUT2D eigenvalue weighted by molar-refractivity contribution is 6.37. The third-order valence-corrected chi connectivity index (χ3v) is 5.12. The van der Waals surface area contributed by atoms with E-state index < -0.39 is 5.91 Å². The molecular weight excluding hydrogens is 407 g/mol. The highest BCUT2D eigenvalue weighted by atomic mass is 35.5. The van der Waals surface area contributed by atoms with Crippen LogP contribution in [0.25, 0.3) is 0 Å². The summed E-state index contributed by atoms with van der Waals surface area (Å²) in [6, 6.07) is 2.90. The normalized spacial score (nSPS) is 16.5. The van der Waals surface area contributed by atoms with Crippen LogP contribution in [0.3, 0.4) is 0 Å². The maximum absolute atomic E-state index is 12.6. The summed E-state index contributed by atoms with van der Waals surface area (Å²) in [5.41, 5.74) is 0.258. The topological polar surface area (TPSA) is 76.2 Å². The number of nitrogens with zero attached hydrogens (tertiary/aromatic N) is 2. The second kappa shape index (κ2) is 9.98. The molecule has 0 radical (unpaired) electrons. The smallest absolute Gasteiger partial charge is 0.310 e. The van der Waals surface area contributed by atoms with Crippen LogP contribution in [0.15, 0.2) is 12.1 Å². The Labute approximate surface area is 174 Å². The fraction of sp³-hybridized carbons (Fsp3) is 0.526. The van der Waals surface area contributed by atoms with Gasteiger partial charge >= 0.3 is 5.97 Å². The SMILES string of the molecule is CCOC(=O)C1CCCN(C(=O)CN(C)C(=O)c2cc(Cl)c(OC)c(Cl)c2)C1. The Hall–Kier alpha value is -1.99. The summed E-state index contributed by atoms with van der Waals surface area (Å²) in [5, 5.41) is 0.428. The first-order valence-electron chi connectivity index (χ1n) is 9.01. The summed E-state index contributed by atoms with van der Waals surface area (Å²) in [6.45, 7) is 2.81. The highest BCUT2D eigenvalue weighted by Crippen LogP contribution is 2.34. The molecule has 0 N–H and O–H groups in total. The highest BCUT2D eigenvalue weighted by Gasteiger charge is 2.30. The number of carbonyl (C=O) groups is 3. The molecule has 9 heteroatoms. The number of piperidine rings is 1. The molecule has 1 aliphatic rings. The predicted molar refractivity (Wildman–Crippen MR) is 106 cm³/mol. The molecule has 0 aromatic heterocycles. The van der Waals surface area contributed by atoms with E-state index in [9.17, 15) is 14.4 Å². The summed E-state index contributed by atoms with van der Waals surface area (Å²) in [4.78, 5) is 40.1. The van der Waals surface area contributed by atoms with Crippen molar-refractivity contribution in [2.24, 2.45) is 5.92 Å². The van der Waals surface area contributed by atoms with E-state index in [4.69, 9.17) is 32.7 Å². The fourth-order valence-electron chi connectivity index (χ4n) is 3.13. The van der Waals surface area contributed by atoms with Gasteiger partial charge in [-0.3, -0.25) is 14.4 Å². The van der Waals surface area contributed by atoms with Crippen LogP contribution in [-0.4, -0.2) is 68.0 Å². The van der Waals surface area contributed by atoms with Crippen molar-refractivity contribution in [2.45, 2.75) is 19.8 Å². The Kier molecular flexibility index (Phi) is 7.95. The van der Waals surface area contributed by atoms with E-state index in [1.54, 1.807) is 11.8 Å². The van der Waals surface area contributed by atoms with Gasteiger partial charge in [-0.2, -0.15) is 0 Å². The number of benzene rings is 1. The summed E-state index contributed by atoms with van der Waals surface area (Å²) < 4.78 is 10.1. The molecule has 1 heterocycles. The van der Waals surface area contributed by atoms with Crippen LogP contribution in [0.5, 0.6) is 5.75 Å². The molecule has 28 heavy (non-hydrogen) atoms. The van der Waals surface area contributed by atoms with Crippen molar-refractivity contribution in [1.29, 1.82) is 0 Å². The molecule has 1 aromatic rings. The number of hydrogen-bond acceptors (Lipinski definition) is 5. The zero-order chi connectivity index (χ0) is 20.8. The minimum absolute atomic E-state index is 0.115. The van der Waals surface area contributed by atoms with Crippen LogP contribution >= 0.6 is 23.2 Å². The number of halogens is 2. The molecule has 0 spiro atoms. The van der Waals surface area contributed by atoms with E-state index in [0.29, 0.717) is 26.1 Å². The monoisotopic (exact) mass is 430 g/mol. The third kappa shape index (κ3) is 5.29. The van der Waals surface area contributed by atoms with Gasteiger partial charge in [0.2, 0.25) is 5.91 Å². The van der Waals surface area contributed by atoms with Crippen molar-refractivity contribution in [1.82, 2.24) is 9.80 Å². The van der Waals surface area contributed by atoms with Crippen molar-refractivity contribution >= 4 is 41.0 Å². The Morgan fingerprint density at radius 2 is 1.89 bits per heavy atom. The first-order valence-corrected chi connectivity index (χ1v) is 9.77. The number of ether oxygens (including phenoxy) is 2. The van der Waals surface area contributed by atoms with Gasteiger partial charge in [0.1, 0.15) is 0 Å². The van der Waals surface area contributed by atoms with E-state index in [0.717, 1.165) is 6.42 Å². The van der Waals surface area contributed by atoms with Gasteiger partial charge in [-0.15, -0.1) is 0 Å². The van der Waals surface area contributed by atoms with Gasteiger partial charge in [0.25, 0.3) is 5.91 Å². The lowest BCUT2D eigenvalue weighted by atomic mass is 9.98. The van der Waals surface area contributed by atoms with Gasteiger partial charge in [-0.1, -0.05) is 23.2 Å². The number of methoxy groups -OCH3 is 1. The third-order valence-electron chi connectivity index (χ3n) is 4.56. The number of hydrogen-bond donors (Lipinski definition) is 0. The minimum Gasteiger partial charge on any atom is -0.494 e. The maximum atomic E-state index is 12.6. The molecule has 1 saturated heterocycles. The molecule has 2 rings (SSSR count). The summed E-state index contributed by atoms with van der Waals surface area (Å²) >= 11 is 12.2. The lowest BCUT2D eigenvalue weighted by molar-refractivity contribution is -0.151. The minimum atomic E-state index is -0.390. The van der Waals surface area contributed by atoms with Gasteiger partial charge in [-0.05, 0) is 31.9 Å². The van der Waals surface area contributed by atoms with Gasteiger partial charge in [0, 0.05) is 25.7 Å². The van der Waals surface area contributed by atoms with E-state index in [1.807, 2.05) is 0 Å². The van der Waals surface area contributed by atoms with E-state index in [2.05, 4.69) is 0 Å². The number of likely N-dealkylation sites (tertiary alicyclic amines) is 1. The van der Waals surface area contributed by atoms with Crippen molar-refractivity contribution in [3.63, 3.8) is 0 Å². The number of carbonyl (C=O) groups excluding carboxylic acids is 3. The lowest BCUT2D eigenvalue weighted by Crippen LogP contribution is -2.47. The zero-order valence-electron chi connectivity index (χ0n) is 16.2. The average molecular weight is 431 g/mol. The van der Waals surface area contributed by atoms with Crippen molar-refractivity contribution < 1.29 is 23.9 Å². The Bertz CT molecular complexity index is 733. The second-order valence-electron chi connectivity index (χ2n) is 6.57. The molecule has 1 atom stereocenters. The number of esters is 1. The number of rotatable bonds is 6. The number of likely N-dealkylation sites (N-methyl/N-ethyl adjacent to an activating group) is 1. The number of amides is 2. The van der Waals surface area contributed by atoms with Gasteiger partial charge in [0.15, 0.2) is 5.75 Å². The summed E-state index contributed by atoms with van der Waals surface area (Å²) in [6.07, 6.45) is 1.41. The molecule has 1 unspecified atom stereocenters. The molecule has 1 aromatic carbocycles. The molecule has 2 amide bonds. The summed E-state index contributed by atoms with van der Waals surface area (Å²) in [7, 11) is 2.96. The zero-order valence-corrected chi connectivity index (χ0v) is 17.7. The van der Waals surface area contributed by atoms with Crippen LogP contribution in [0.2, 0.25) is 10.0 Å². The standard InChI is InChI=1S/C19H24Cl2N2O5/c1-4-28-19(26)12-6-5-7-23(10-12)16(24)11-22(2)18(25)13-8-14(20)17(27-3)15(21)9-13/h8-9,12H,4-7,10-11H2,1-3H3. The van der Waals surface area contributed by atoms with Gasteiger partial charge in [0.05, 0.1) is 36.2 Å². The predicted octanol–water partition coefficient (Wildman–Crippen LogP) is 2.88. The summed E-state index contributed by atoms with van der Waals surface area (Å²) in [5.74, 6) is -0.934. The Balaban J connectivity index is 2.01. The van der Waals surface area contributed by atoms with Crippen LogP contribution in [-0.2, 0) is 14.3 Å². The average Bonchev–Trinajstić information content (AvgIpc) is 2.67. The van der Waals surface area contributed by atoms with Crippen LogP contribution in [0.1, 0.15) is 30.1 Å². The van der Waals surface area contributed by atoms with E-state index in [-0.39, 0.29) is 45.7 Å².